The largest absolute Gasteiger partial charge is 0.368 e. The molecule has 1 aliphatic rings. The Balaban J connectivity index is 2.09. The number of hydrogen-bond donors (Lipinski definition) is 1. The highest BCUT2D eigenvalue weighted by molar-refractivity contribution is 5.47. The Bertz CT molecular complexity index is 336. The van der Waals surface area contributed by atoms with Crippen LogP contribution in [0.25, 0.3) is 0 Å². The first-order chi connectivity index (χ1) is 8.81. The summed E-state index contributed by atoms with van der Waals surface area (Å²) in [6, 6.07) is 11.9. The molecule has 0 saturated heterocycles. The first kappa shape index (κ1) is 13.4. The lowest BCUT2D eigenvalue weighted by Crippen LogP contribution is -2.43. The Morgan fingerprint density at radius 1 is 1.22 bits per heavy atom. The monoisotopic (exact) mass is 246 g/mol. The SMILES string of the molecule is CCCCN(c1ccccc1)C1CCCC(N)C1. The van der Waals surface area contributed by atoms with Crippen molar-refractivity contribution >= 4 is 5.69 Å². The molecule has 0 bridgehead atoms. The Kier molecular flexibility index (Phi) is 5.06. The maximum absolute atomic E-state index is 6.14. The molecule has 2 N–H and O–H groups in total. The molecule has 0 amide bonds. The van der Waals surface area contributed by atoms with Crippen LogP contribution < -0.4 is 10.6 Å². The fraction of sp³-hybridized carbons (Fsp3) is 0.625. The number of nitrogens with zero attached hydrogens (tertiary/aromatic N) is 1. The van der Waals surface area contributed by atoms with Crippen LogP contribution in [0, 0.1) is 0 Å². The van der Waals surface area contributed by atoms with E-state index in [9.17, 15) is 0 Å². The summed E-state index contributed by atoms with van der Waals surface area (Å²) in [5.74, 6) is 0. The van der Waals surface area contributed by atoms with Crippen molar-refractivity contribution in [2.75, 3.05) is 11.4 Å². The number of hydrogen-bond acceptors (Lipinski definition) is 2. The number of rotatable bonds is 5. The molecule has 0 aliphatic heterocycles. The van der Waals surface area contributed by atoms with Gasteiger partial charge in [-0.2, -0.15) is 0 Å². The van der Waals surface area contributed by atoms with E-state index in [-0.39, 0.29) is 0 Å². The molecule has 2 unspecified atom stereocenters. The molecule has 2 atom stereocenters. The molecule has 0 aromatic heterocycles. The Morgan fingerprint density at radius 2 is 2.00 bits per heavy atom. The molecule has 1 aromatic rings. The van der Waals surface area contributed by atoms with Gasteiger partial charge in [0.15, 0.2) is 0 Å². The van der Waals surface area contributed by atoms with E-state index in [0.717, 1.165) is 13.0 Å². The lowest BCUT2D eigenvalue weighted by atomic mass is 9.90. The quantitative estimate of drug-likeness (QED) is 0.860. The third-order valence-corrected chi connectivity index (χ3v) is 3.97. The molecule has 2 nitrogen and oxygen atoms in total. The molecule has 0 heterocycles. The van der Waals surface area contributed by atoms with Crippen LogP contribution in [0.4, 0.5) is 5.69 Å². The molecule has 18 heavy (non-hydrogen) atoms. The molecule has 100 valence electrons. The van der Waals surface area contributed by atoms with Crippen molar-refractivity contribution in [1.29, 1.82) is 0 Å². The van der Waals surface area contributed by atoms with Gasteiger partial charge >= 0.3 is 0 Å². The topological polar surface area (TPSA) is 29.3 Å². The summed E-state index contributed by atoms with van der Waals surface area (Å²) in [4.78, 5) is 2.59. The van der Waals surface area contributed by atoms with Crippen LogP contribution in [0.2, 0.25) is 0 Å². The Labute approximate surface area is 111 Å². The van der Waals surface area contributed by atoms with Crippen molar-refractivity contribution < 1.29 is 0 Å². The minimum absolute atomic E-state index is 0.400. The van der Waals surface area contributed by atoms with E-state index in [0.29, 0.717) is 12.1 Å². The average Bonchev–Trinajstić information content (AvgIpc) is 2.40. The summed E-state index contributed by atoms with van der Waals surface area (Å²) in [6.07, 6.45) is 7.45. The van der Waals surface area contributed by atoms with Gasteiger partial charge in [0, 0.05) is 24.3 Å². The van der Waals surface area contributed by atoms with Crippen LogP contribution in [0.1, 0.15) is 45.4 Å². The van der Waals surface area contributed by atoms with Gasteiger partial charge in [-0.1, -0.05) is 31.5 Å². The zero-order valence-corrected chi connectivity index (χ0v) is 11.5. The number of benzene rings is 1. The number of anilines is 1. The van der Waals surface area contributed by atoms with Crippen molar-refractivity contribution in [3.63, 3.8) is 0 Å². The van der Waals surface area contributed by atoms with Gasteiger partial charge in [-0.3, -0.25) is 0 Å². The second-order valence-electron chi connectivity index (χ2n) is 5.46. The van der Waals surface area contributed by atoms with E-state index in [1.165, 1.54) is 37.8 Å². The third-order valence-electron chi connectivity index (χ3n) is 3.97. The number of para-hydroxylation sites is 1. The summed E-state index contributed by atoms with van der Waals surface area (Å²) in [5.41, 5.74) is 7.51. The normalized spacial score (nSPS) is 23.9. The van der Waals surface area contributed by atoms with E-state index in [1.807, 2.05) is 0 Å². The molecule has 1 saturated carbocycles. The molecule has 0 radical (unpaired) electrons. The first-order valence-electron chi connectivity index (χ1n) is 7.38. The zero-order chi connectivity index (χ0) is 12.8. The molecule has 0 spiro atoms. The van der Waals surface area contributed by atoms with E-state index < -0.39 is 0 Å². The predicted octanol–water partition coefficient (Wildman–Crippen LogP) is 3.56. The highest BCUT2D eigenvalue weighted by Crippen LogP contribution is 2.27. The zero-order valence-electron chi connectivity index (χ0n) is 11.5. The minimum Gasteiger partial charge on any atom is -0.368 e. The molecular formula is C16H26N2. The van der Waals surface area contributed by atoms with Crippen LogP contribution in [0.15, 0.2) is 30.3 Å². The molecule has 1 aromatic carbocycles. The van der Waals surface area contributed by atoms with Crippen LogP contribution in [0.3, 0.4) is 0 Å². The summed E-state index contributed by atoms with van der Waals surface area (Å²) < 4.78 is 0. The second kappa shape index (κ2) is 6.79. The van der Waals surface area contributed by atoms with Crippen molar-refractivity contribution in [1.82, 2.24) is 0 Å². The Hall–Kier alpha value is -1.02. The van der Waals surface area contributed by atoms with Gasteiger partial charge in [0.1, 0.15) is 0 Å². The van der Waals surface area contributed by atoms with E-state index in [2.05, 4.69) is 42.2 Å². The summed E-state index contributed by atoms with van der Waals surface area (Å²) >= 11 is 0. The van der Waals surface area contributed by atoms with Gasteiger partial charge < -0.3 is 10.6 Å². The summed E-state index contributed by atoms with van der Waals surface area (Å²) in [5, 5.41) is 0. The van der Waals surface area contributed by atoms with Crippen molar-refractivity contribution in [2.45, 2.75) is 57.5 Å². The van der Waals surface area contributed by atoms with Gasteiger partial charge in [0.05, 0.1) is 0 Å². The van der Waals surface area contributed by atoms with Crippen LogP contribution in [-0.4, -0.2) is 18.6 Å². The third kappa shape index (κ3) is 3.49. The molecule has 2 heteroatoms. The average molecular weight is 246 g/mol. The number of unbranched alkanes of at least 4 members (excludes halogenated alkanes) is 1. The summed E-state index contributed by atoms with van der Waals surface area (Å²) in [6.45, 7) is 3.42. The lowest BCUT2D eigenvalue weighted by Gasteiger charge is -2.38. The van der Waals surface area contributed by atoms with E-state index in [4.69, 9.17) is 5.73 Å². The fourth-order valence-corrected chi connectivity index (χ4v) is 2.95. The predicted molar refractivity (Wildman–Crippen MR) is 78.9 cm³/mol. The molecule has 2 rings (SSSR count). The maximum Gasteiger partial charge on any atom is 0.0368 e. The van der Waals surface area contributed by atoms with E-state index in [1.54, 1.807) is 0 Å². The number of nitrogens with two attached hydrogens (primary N) is 1. The van der Waals surface area contributed by atoms with Crippen molar-refractivity contribution in [3.8, 4) is 0 Å². The van der Waals surface area contributed by atoms with Crippen molar-refractivity contribution in [2.24, 2.45) is 5.73 Å². The van der Waals surface area contributed by atoms with Crippen LogP contribution in [-0.2, 0) is 0 Å². The molecular weight excluding hydrogens is 220 g/mol. The smallest absolute Gasteiger partial charge is 0.0368 e. The van der Waals surface area contributed by atoms with Gasteiger partial charge in [-0.05, 0) is 44.2 Å². The highest BCUT2D eigenvalue weighted by atomic mass is 15.2. The van der Waals surface area contributed by atoms with Gasteiger partial charge in [-0.25, -0.2) is 0 Å². The van der Waals surface area contributed by atoms with E-state index >= 15 is 0 Å². The summed E-state index contributed by atoms with van der Waals surface area (Å²) in [7, 11) is 0. The minimum atomic E-state index is 0.400. The van der Waals surface area contributed by atoms with Crippen LogP contribution in [0.5, 0.6) is 0 Å². The maximum atomic E-state index is 6.14. The fourth-order valence-electron chi connectivity index (χ4n) is 2.95. The lowest BCUT2D eigenvalue weighted by molar-refractivity contribution is 0.371. The molecule has 1 aliphatic carbocycles. The van der Waals surface area contributed by atoms with Gasteiger partial charge in [0.25, 0.3) is 0 Å². The standard InChI is InChI=1S/C16H26N2/c1-2-3-12-18(15-9-5-4-6-10-15)16-11-7-8-14(17)13-16/h4-6,9-10,14,16H,2-3,7-8,11-13,17H2,1H3. The highest BCUT2D eigenvalue weighted by Gasteiger charge is 2.24. The first-order valence-corrected chi connectivity index (χ1v) is 7.38. The Morgan fingerprint density at radius 3 is 2.67 bits per heavy atom. The van der Waals surface area contributed by atoms with Crippen LogP contribution >= 0.6 is 0 Å². The van der Waals surface area contributed by atoms with Gasteiger partial charge in [0.2, 0.25) is 0 Å². The van der Waals surface area contributed by atoms with Crippen molar-refractivity contribution in [3.05, 3.63) is 30.3 Å². The van der Waals surface area contributed by atoms with Gasteiger partial charge in [-0.15, -0.1) is 0 Å². The second-order valence-corrected chi connectivity index (χ2v) is 5.46. The molecule has 1 fully saturated rings.